The van der Waals surface area contributed by atoms with E-state index in [1.807, 2.05) is 0 Å². The molecule has 0 spiro atoms. The standard InChI is InChI=1S/C26H13BrF2N2O5S/c27-13-3-6-17-12(7-13)8-18(36-17)23(33)20-22(11-1-4-15(32)5-2-11)31(25(35)24(20)34)26-30-21-16(29)9-14(28)10-19(21)37-26/h1-10,22,32,34H. The van der Waals surface area contributed by atoms with E-state index in [0.29, 0.717) is 22.6 Å². The molecule has 1 atom stereocenters. The van der Waals surface area contributed by atoms with Gasteiger partial charge in [-0.15, -0.1) is 0 Å². The number of halogens is 3. The second-order valence-electron chi connectivity index (χ2n) is 8.28. The number of phenols is 1. The second kappa shape index (κ2) is 8.49. The average molecular weight is 583 g/mol. The Hall–Kier alpha value is -4.09. The van der Waals surface area contributed by atoms with Crippen LogP contribution in [-0.4, -0.2) is 26.9 Å². The zero-order chi connectivity index (χ0) is 26.0. The molecular weight excluding hydrogens is 570 g/mol. The summed E-state index contributed by atoms with van der Waals surface area (Å²) in [5.41, 5.74) is 0.362. The molecule has 3 heterocycles. The highest BCUT2D eigenvalue weighted by Gasteiger charge is 2.46. The van der Waals surface area contributed by atoms with Crippen molar-refractivity contribution in [3.63, 3.8) is 0 Å². The number of amides is 1. The van der Waals surface area contributed by atoms with Gasteiger partial charge < -0.3 is 14.6 Å². The number of carbonyl (C=O) groups excluding carboxylic acids is 2. The molecule has 6 rings (SSSR count). The molecule has 1 unspecified atom stereocenters. The third-order valence-electron chi connectivity index (χ3n) is 5.97. The minimum Gasteiger partial charge on any atom is -0.508 e. The number of fused-ring (bicyclic) bond motifs is 2. The number of thiazole rings is 1. The van der Waals surface area contributed by atoms with Crippen molar-refractivity contribution in [3.8, 4) is 5.75 Å². The summed E-state index contributed by atoms with van der Waals surface area (Å²) < 4.78 is 34.8. The fourth-order valence-corrected chi connectivity index (χ4v) is 5.72. The summed E-state index contributed by atoms with van der Waals surface area (Å²) in [6.07, 6.45) is 0. The monoisotopic (exact) mass is 582 g/mol. The van der Waals surface area contributed by atoms with Gasteiger partial charge in [0.1, 0.15) is 22.7 Å². The molecule has 37 heavy (non-hydrogen) atoms. The third-order valence-corrected chi connectivity index (χ3v) is 7.47. The number of phenolic OH excluding ortho intramolecular Hbond substituents is 1. The lowest BCUT2D eigenvalue weighted by molar-refractivity contribution is -0.117. The van der Waals surface area contributed by atoms with Crippen molar-refractivity contribution in [3.05, 3.63) is 99.4 Å². The van der Waals surface area contributed by atoms with Crippen LogP contribution in [0.4, 0.5) is 13.9 Å². The van der Waals surface area contributed by atoms with E-state index in [2.05, 4.69) is 20.9 Å². The number of hydrogen-bond donors (Lipinski definition) is 2. The minimum atomic E-state index is -1.19. The summed E-state index contributed by atoms with van der Waals surface area (Å²) in [5, 5.41) is 21.3. The number of aliphatic hydroxyl groups is 1. The number of benzene rings is 3. The molecule has 1 aliphatic rings. The van der Waals surface area contributed by atoms with Crippen molar-refractivity contribution < 1.29 is 33.0 Å². The normalized spacial score (nSPS) is 15.9. The van der Waals surface area contributed by atoms with E-state index < -0.39 is 35.1 Å². The van der Waals surface area contributed by atoms with Gasteiger partial charge in [0.15, 0.2) is 22.5 Å². The molecule has 0 radical (unpaired) electrons. The Bertz CT molecular complexity index is 1790. The lowest BCUT2D eigenvalue weighted by Gasteiger charge is -2.24. The van der Waals surface area contributed by atoms with Crippen LogP contribution in [0.25, 0.3) is 21.2 Å². The predicted molar refractivity (Wildman–Crippen MR) is 136 cm³/mol. The van der Waals surface area contributed by atoms with Crippen molar-refractivity contribution >= 4 is 65.3 Å². The number of aromatic nitrogens is 1. The van der Waals surface area contributed by atoms with Crippen LogP contribution in [-0.2, 0) is 4.79 Å². The van der Waals surface area contributed by atoms with Crippen LogP contribution in [0, 0.1) is 11.6 Å². The highest BCUT2D eigenvalue weighted by atomic mass is 79.9. The maximum absolute atomic E-state index is 14.4. The Morgan fingerprint density at radius 2 is 1.81 bits per heavy atom. The fourth-order valence-electron chi connectivity index (χ4n) is 4.31. The predicted octanol–water partition coefficient (Wildman–Crippen LogP) is 6.57. The number of carbonyl (C=O) groups is 2. The van der Waals surface area contributed by atoms with E-state index in [1.165, 1.54) is 30.3 Å². The first-order chi connectivity index (χ1) is 17.7. The molecule has 7 nitrogen and oxygen atoms in total. The molecule has 0 fully saturated rings. The van der Waals surface area contributed by atoms with Crippen LogP contribution >= 0.6 is 27.3 Å². The lowest BCUT2D eigenvalue weighted by Crippen LogP contribution is -2.30. The summed E-state index contributed by atoms with van der Waals surface area (Å²) >= 11 is 4.19. The summed E-state index contributed by atoms with van der Waals surface area (Å²) in [6.45, 7) is 0. The Balaban J connectivity index is 1.52. The second-order valence-corrected chi connectivity index (χ2v) is 10.2. The van der Waals surface area contributed by atoms with Crippen LogP contribution in [0.5, 0.6) is 5.75 Å². The van der Waals surface area contributed by atoms with Gasteiger partial charge in [-0.3, -0.25) is 14.5 Å². The van der Waals surface area contributed by atoms with Crippen molar-refractivity contribution in [1.29, 1.82) is 0 Å². The number of ketones is 1. The topological polar surface area (TPSA) is 104 Å². The number of anilines is 1. The van der Waals surface area contributed by atoms with E-state index in [4.69, 9.17) is 4.42 Å². The van der Waals surface area contributed by atoms with E-state index in [0.717, 1.165) is 26.8 Å². The van der Waals surface area contributed by atoms with Gasteiger partial charge in [-0.05, 0) is 48.0 Å². The minimum absolute atomic E-state index is 0.0505. The van der Waals surface area contributed by atoms with Gasteiger partial charge in [-0.25, -0.2) is 13.8 Å². The number of Topliss-reactive ketones (excluding diaryl/α,β-unsaturated/α-hetero) is 1. The van der Waals surface area contributed by atoms with Crippen LogP contribution in [0.1, 0.15) is 22.2 Å². The molecular formula is C26H13BrF2N2O5S. The molecule has 184 valence electrons. The lowest BCUT2D eigenvalue weighted by atomic mass is 9.95. The molecule has 11 heteroatoms. The van der Waals surface area contributed by atoms with Gasteiger partial charge >= 0.3 is 0 Å². The van der Waals surface area contributed by atoms with Gasteiger partial charge in [0.2, 0.25) is 5.78 Å². The van der Waals surface area contributed by atoms with Gasteiger partial charge in [0.25, 0.3) is 5.91 Å². The number of aliphatic hydroxyl groups excluding tert-OH is 1. The van der Waals surface area contributed by atoms with Crippen molar-refractivity contribution in [2.75, 3.05) is 4.90 Å². The van der Waals surface area contributed by atoms with Crippen LogP contribution in [0.2, 0.25) is 0 Å². The van der Waals surface area contributed by atoms with Crippen molar-refractivity contribution in [2.45, 2.75) is 6.04 Å². The highest BCUT2D eigenvalue weighted by molar-refractivity contribution is 9.10. The molecule has 2 N–H and O–H groups in total. The zero-order valence-corrected chi connectivity index (χ0v) is 20.8. The maximum atomic E-state index is 14.4. The van der Waals surface area contributed by atoms with E-state index in [9.17, 15) is 28.6 Å². The number of furan rings is 1. The Morgan fingerprint density at radius 3 is 2.57 bits per heavy atom. The molecule has 0 saturated heterocycles. The molecule has 5 aromatic rings. The molecule has 1 aliphatic heterocycles. The van der Waals surface area contributed by atoms with Gasteiger partial charge in [0.05, 0.1) is 16.3 Å². The molecule has 3 aromatic carbocycles. The Morgan fingerprint density at radius 1 is 1.05 bits per heavy atom. The highest BCUT2D eigenvalue weighted by Crippen LogP contribution is 2.45. The van der Waals surface area contributed by atoms with Gasteiger partial charge in [-0.2, -0.15) is 0 Å². The smallest absolute Gasteiger partial charge is 0.296 e. The number of hydrogen-bond acceptors (Lipinski definition) is 7. The van der Waals surface area contributed by atoms with Crippen molar-refractivity contribution in [1.82, 2.24) is 4.98 Å². The van der Waals surface area contributed by atoms with Crippen LogP contribution in [0.3, 0.4) is 0 Å². The molecule has 2 aromatic heterocycles. The maximum Gasteiger partial charge on any atom is 0.296 e. The first kappa shape index (κ1) is 23.3. The molecule has 0 saturated carbocycles. The van der Waals surface area contributed by atoms with E-state index in [-0.39, 0.29) is 32.4 Å². The quantitative estimate of drug-likeness (QED) is 0.232. The summed E-state index contributed by atoms with van der Waals surface area (Å²) in [7, 11) is 0. The zero-order valence-electron chi connectivity index (χ0n) is 18.4. The molecule has 0 bridgehead atoms. The average Bonchev–Trinajstić information content (AvgIpc) is 3.53. The number of aromatic hydroxyl groups is 1. The van der Waals surface area contributed by atoms with E-state index >= 15 is 0 Å². The molecule has 1 amide bonds. The number of rotatable bonds is 4. The fraction of sp³-hybridized carbons (Fsp3) is 0.0385. The SMILES string of the molecule is O=C(C1=C(O)C(=O)N(c2nc3c(F)cc(F)cc3s2)C1c1ccc(O)cc1)c1cc2cc(Br)ccc2o1. The molecule has 0 aliphatic carbocycles. The summed E-state index contributed by atoms with van der Waals surface area (Å²) in [5.74, 6) is -4.39. The largest absolute Gasteiger partial charge is 0.508 e. The van der Waals surface area contributed by atoms with Crippen LogP contribution < -0.4 is 4.90 Å². The summed E-state index contributed by atoms with van der Waals surface area (Å²) in [4.78, 5) is 32.2. The summed E-state index contributed by atoms with van der Waals surface area (Å²) in [6, 6.07) is 12.9. The van der Waals surface area contributed by atoms with Crippen LogP contribution in [0.15, 0.2) is 80.9 Å². The first-order valence-corrected chi connectivity index (χ1v) is 12.4. The number of nitrogens with zero attached hydrogens (tertiary/aromatic N) is 2. The van der Waals surface area contributed by atoms with Gasteiger partial charge in [0, 0.05) is 15.9 Å². The van der Waals surface area contributed by atoms with E-state index in [1.54, 1.807) is 18.2 Å². The Kier molecular flexibility index (Phi) is 5.35. The van der Waals surface area contributed by atoms with Crippen molar-refractivity contribution in [2.24, 2.45) is 0 Å². The Labute approximate surface area is 219 Å². The first-order valence-electron chi connectivity index (χ1n) is 10.8. The third kappa shape index (κ3) is 3.78. The van der Waals surface area contributed by atoms with Gasteiger partial charge in [-0.1, -0.05) is 39.4 Å².